The monoisotopic (exact) mass is 302 g/mol. The quantitative estimate of drug-likeness (QED) is 0.717. The zero-order valence-electron chi connectivity index (χ0n) is 13.0. The number of nitrogens with zero attached hydrogens (tertiary/aromatic N) is 1. The van der Waals surface area contributed by atoms with Crippen molar-refractivity contribution in [2.45, 2.75) is 33.1 Å². The van der Waals surface area contributed by atoms with Crippen LogP contribution in [0.15, 0.2) is 35.3 Å². The van der Waals surface area contributed by atoms with Gasteiger partial charge in [-0.25, -0.2) is 9.59 Å². The second-order valence-electron chi connectivity index (χ2n) is 5.18. The van der Waals surface area contributed by atoms with Crippen molar-refractivity contribution in [1.82, 2.24) is 14.9 Å². The number of aryl methyl sites for hydroxylation is 1. The Kier molecular flexibility index (Phi) is 5.41. The SMILES string of the molecule is CCCCCNC(=O)Nc1ccccc1-n1c(C)c[nH]c1=O. The van der Waals surface area contributed by atoms with Crippen LogP contribution in [0.25, 0.3) is 5.69 Å². The number of H-pyrrole nitrogens is 1. The predicted octanol–water partition coefficient (Wildman–Crippen LogP) is 2.79. The molecule has 22 heavy (non-hydrogen) atoms. The van der Waals surface area contributed by atoms with Crippen molar-refractivity contribution in [2.75, 3.05) is 11.9 Å². The van der Waals surface area contributed by atoms with Crippen LogP contribution in [0.2, 0.25) is 0 Å². The molecule has 0 bridgehead atoms. The van der Waals surface area contributed by atoms with Gasteiger partial charge in [-0.1, -0.05) is 31.9 Å². The zero-order chi connectivity index (χ0) is 15.9. The Labute approximate surface area is 129 Å². The second kappa shape index (κ2) is 7.49. The van der Waals surface area contributed by atoms with Crippen LogP contribution >= 0.6 is 0 Å². The van der Waals surface area contributed by atoms with Gasteiger partial charge in [0.25, 0.3) is 0 Å². The average Bonchev–Trinajstić information content (AvgIpc) is 2.84. The minimum absolute atomic E-state index is 0.227. The number of carbonyl (C=O) groups is 1. The lowest BCUT2D eigenvalue weighted by atomic mass is 10.2. The van der Waals surface area contributed by atoms with Crippen LogP contribution in [0.5, 0.6) is 0 Å². The molecular weight excluding hydrogens is 280 g/mol. The number of urea groups is 1. The summed E-state index contributed by atoms with van der Waals surface area (Å²) in [5.74, 6) is 0. The molecule has 0 spiro atoms. The summed E-state index contributed by atoms with van der Waals surface area (Å²) < 4.78 is 1.53. The number of rotatable bonds is 6. The Morgan fingerprint density at radius 2 is 2.05 bits per heavy atom. The molecule has 2 aromatic rings. The normalized spacial score (nSPS) is 10.5. The lowest BCUT2D eigenvalue weighted by molar-refractivity contribution is 0.252. The zero-order valence-corrected chi connectivity index (χ0v) is 13.0. The number of aromatic amines is 1. The highest BCUT2D eigenvalue weighted by Gasteiger charge is 2.11. The summed E-state index contributed by atoms with van der Waals surface area (Å²) in [5.41, 5.74) is 1.80. The molecular formula is C16H22N4O2. The first-order chi connectivity index (χ1) is 10.6. The van der Waals surface area contributed by atoms with E-state index in [1.54, 1.807) is 18.3 Å². The van der Waals surface area contributed by atoms with Gasteiger partial charge in [0.2, 0.25) is 0 Å². The molecule has 0 saturated heterocycles. The highest BCUT2D eigenvalue weighted by Crippen LogP contribution is 2.19. The molecule has 1 heterocycles. The Balaban J connectivity index is 2.13. The van der Waals surface area contributed by atoms with E-state index in [4.69, 9.17) is 0 Å². The minimum Gasteiger partial charge on any atom is -0.338 e. The number of anilines is 1. The maximum Gasteiger partial charge on any atom is 0.330 e. The number of para-hydroxylation sites is 2. The van der Waals surface area contributed by atoms with Gasteiger partial charge in [-0.05, 0) is 25.5 Å². The molecule has 0 saturated carbocycles. The van der Waals surface area contributed by atoms with E-state index in [-0.39, 0.29) is 11.7 Å². The van der Waals surface area contributed by atoms with Crippen molar-refractivity contribution in [1.29, 1.82) is 0 Å². The van der Waals surface area contributed by atoms with Crippen LogP contribution < -0.4 is 16.3 Å². The van der Waals surface area contributed by atoms with Crippen LogP contribution in [-0.2, 0) is 0 Å². The molecule has 0 unspecified atom stereocenters. The average molecular weight is 302 g/mol. The number of unbranched alkanes of at least 4 members (excludes halogenated alkanes) is 2. The number of aromatic nitrogens is 2. The van der Waals surface area contributed by atoms with E-state index < -0.39 is 0 Å². The first-order valence-electron chi connectivity index (χ1n) is 7.54. The van der Waals surface area contributed by atoms with Crippen LogP contribution in [0, 0.1) is 6.92 Å². The highest BCUT2D eigenvalue weighted by atomic mass is 16.2. The lowest BCUT2D eigenvalue weighted by Crippen LogP contribution is -2.30. The molecule has 2 amide bonds. The first-order valence-corrected chi connectivity index (χ1v) is 7.54. The fraction of sp³-hybridized carbons (Fsp3) is 0.375. The topological polar surface area (TPSA) is 78.9 Å². The number of benzene rings is 1. The fourth-order valence-corrected chi connectivity index (χ4v) is 2.27. The van der Waals surface area contributed by atoms with E-state index in [0.717, 1.165) is 25.0 Å². The number of hydrogen-bond acceptors (Lipinski definition) is 2. The number of imidazole rings is 1. The van der Waals surface area contributed by atoms with E-state index in [1.807, 2.05) is 19.1 Å². The molecule has 0 radical (unpaired) electrons. The van der Waals surface area contributed by atoms with Gasteiger partial charge in [0.15, 0.2) is 0 Å². The predicted molar refractivity (Wildman–Crippen MR) is 87.7 cm³/mol. The van der Waals surface area contributed by atoms with Gasteiger partial charge < -0.3 is 15.6 Å². The van der Waals surface area contributed by atoms with Crippen molar-refractivity contribution in [3.8, 4) is 5.69 Å². The smallest absolute Gasteiger partial charge is 0.330 e. The van der Waals surface area contributed by atoms with Gasteiger partial charge in [-0.3, -0.25) is 4.57 Å². The van der Waals surface area contributed by atoms with Crippen LogP contribution in [0.1, 0.15) is 31.9 Å². The Morgan fingerprint density at radius 3 is 2.73 bits per heavy atom. The van der Waals surface area contributed by atoms with Gasteiger partial charge in [0.1, 0.15) is 0 Å². The third kappa shape index (κ3) is 3.78. The Hall–Kier alpha value is -2.50. The summed E-state index contributed by atoms with van der Waals surface area (Å²) in [6.45, 7) is 4.59. The summed E-state index contributed by atoms with van der Waals surface area (Å²) in [5, 5.41) is 5.63. The van der Waals surface area contributed by atoms with Gasteiger partial charge in [-0.15, -0.1) is 0 Å². The van der Waals surface area contributed by atoms with Crippen LogP contribution in [0.3, 0.4) is 0 Å². The molecule has 3 N–H and O–H groups in total. The molecule has 0 aliphatic heterocycles. The molecule has 118 valence electrons. The van der Waals surface area contributed by atoms with Crippen molar-refractivity contribution < 1.29 is 4.79 Å². The molecule has 0 fully saturated rings. The van der Waals surface area contributed by atoms with Crippen LogP contribution in [0.4, 0.5) is 10.5 Å². The van der Waals surface area contributed by atoms with Crippen LogP contribution in [-0.4, -0.2) is 22.1 Å². The Bertz CT molecular complexity index is 687. The largest absolute Gasteiger partial charge is 0.338 e. The van der Waals surface area contributed by atoms with E-state index in [1.165, 1.54) is 4.57 Å². The van der Waals surface area contributed by atoms with Crippen molar-refractivity contribution in [3.63, 3.8) is 0 Å². The molecule has 6 heteroatoms. The van der Waals surface area contributed by atoms with E-state index in [9.17, 15) is 9.59 Å². The van der Waals surface area contributed by atoms with E-state index >= 15 is 0 Å². The summed E-state index contributed by atoms with van der Waals surface area (Å²) in [7, 11) is 0. The summed E-state index contributed by atoms with van der Waals surface area (Å²) >= 11 is 0. The number of amides is 2. The maximum absolute atomic E-state index is 11.9. The van der Waals surface area contributed by atoms with E-state index in [0.29, 0.717) is 17.9 Å². The minimum atomic E-state index is -0.259. The molecule has 0 aliphatic carbocycles. The molecule has 0 atom stereocenters. The van der Waals surface area contributed by atoms with Gasteiger partial charge >= 0.3 is 11.7 Å². The summed E-state index contributed by atoms with van der Waals surface area (Å²) in [4.78, 5) is 26.5. The maximum atomic E-state index is 11.9. The third-order valence-electron chi connectivity index (χ3n) is 3.42. The lowest BCUT2D eigenvalue weighted by Gasteiger charge is -2.13. The summed E-state index contributed by atoms with van der Waals surface area (Å²) in [6.07, 6.45) is 4.81. The molecule has 1 aromatic heterocycles. The molecule has 0 aliphatic rings. The number of carbonyl (C=O) groups excluding carboxylic acids is 1. The van der Waals surface area contributed by atoms with Gasteiger partial charge in [-0.2, -0.15) is 0 Å². The highest BCUT2D eigenvalue weighted by molar-refractivity contribution is 5.91. The second-order valence-corrected chi connectivity index (χ2v) is 5.18. The number of hydrogen-bond donors (Lipinski definition) is 3. The van der Waals surface area contributed by atoms with Crippen molar-refractivity contribution in [2.24, 2.45) is 0 Å². The Morgan fingerprint density at radius 1 is 1.27 bits per heavy atom. The van der Waals surface area contributed by atoms with Crippen molar-refractivity contribution in [3.05, 3.63) is 46.6 Å². The molecule has 2 rings (SSSR count). The molecule has 1 aromatic carbocycles. The molecule has 6 nitrogen and oxygen atoms in total. The number of nitrogens with one attached hydrogen (secondary N) is 3. The third-order valence-corrected chi connectivity index (χ3v) is 3.42. The van der Waals surface area contributed by atoms with E-state index in [2.05, 4.69) is 22.5 Å². The summed E-state index contributed by atoms with van der Waals surface area (Å²) in [6, 6.07) is 6.97. The fourth-order valence-electron chi connectivity index (χ4n) is 2.27. The van der Waals surface area contributed by atoms with Gasteiger partial charge in [0.05, 0.1) is 11.4 Å². The standard InChI is InChI=1S/C16H22N4O2/c1-3-4-7-10-17-15(21)19-13-8-5-6-9-14(13)20-12(2)11-18-16(20)22/h5-6,8-9,11H,3-4,7,10H2,1-2H3,(H,18,22)(H2,17,19,21). The van der Waals surface area contributed by atoms with Crippen molar-refractivity contribution >= 4 is 11.7 Å². The van der Waals surface area contributed by atoms with Gasteiger partial charge in [0, 0.05) is 18.4 Å². The first kappa shape index (κ1) is 15.9.